The average Bonchev–Trinajstić information content (AvgIpc) is 1.63. The van der Waals surface area contributed by atoms with Crippen LogP contribution in [0.2, 0.25) is 0 Å². The number of carbonyl (C=O) groups excluding carboxylic acids is 8. The summed E-state index contributed by atoms with van der Waals surface area (Å²) in [6.07, 6.45) is 7.72. The number of Topliss-reactive ketones (excluding diaryl/α,β-unsaturated/α-hetero) is 4. The molecule has 1 N–H and O–H groups in total. The molecule has 115 heavy (non-hydrogen) atoms. The van der Waals surface area contributed by atoms with Gasteiger partial charge in [0.05, 0.1) is 64.3 Å². The van der Waals surface area contributed by atoms with Gasteiger partial charge >= 0.3 is 0 Å². The molecule has 2 unspecified atom stereocenters. The number of anilines is 5. The van der Waals surface area contributed by atoms with Crippen molar-refractivity contribution in [2.24, 2.45) is 11.8 Å². The number of fused-ring (bicyclic) bond motifs is 2. The van der Waals surface area contributed by atoms with E-state index in [-0.39, 0.29) is 83.4 Å². The minimum atomic E-state index is -1.23. The lowest BCUT2D eigenvalue weighted by Gasteiger charge is -2.49. The number of amides is 4. The monoisotopic (exact) mass is 1560 g/mol. The molecule has 6 aromatic carbocycles. The van der Waals surface area contributed by atoms with Crippen molar-refractivity contribution in [1.82, 2.24) is 35.2 Å². The molecule has 0 bridgehead atoms. The fraction of sp³-hybridized carbons (Fsp3) is 0.422. The van der Waals surface area contributed by atoms with Gasteiger partial charge in [-0.05, 0) is 200 Å². The van der Waals surface area contributed by atoms with Crippen LogP contribution in [0.5, 0.6) is 0 Å². The van der Waals surface area contributed by atoms with Gasteiger partial charge in [0, 0.05) is 160 Å². The van der Waals surface area contributed by atoms with E-state index >= 15 is 4.39 Å². The molecule has 4 amide bonds. The zero-order valence-corrected chi connectivity index (χ0v) is 65.5. The van der Waals surface area contributed by atoms with Crippen LogP contribution < -0.4 is 20.0 Å². The number of hydrogen-bond donors (Lipinski definition) is 1. The second-order valence-corrected chi connectivity index (χ2v) is 32.9. The first-order valence-corrected chi connectivity index (χ1v) is 40.0. The molecule has 10 aliphatic rings. The van der Waals surface area contributed by atoms with Crippen LogP contribution in [0.4, 0.5) is 41.6 Å². The van der Waals surface area contributed by atoms with Gasteiger partial charge in [-0.25, -0.2) is 26.3 Å². The van der Waals surface area contributed by atoms with Gasteiger partial charge in [-0.2, -0.15) is 0 Å². The van der Waals surface area contributed by atoms with Gasteiger partial charge in [0.1, 0.15) is 28.9 Å². The summed E-state index contributed by atoms with van der Waals surface area (Å²) in [6, 6.07) is 33.6. The Kier molecular flexibility index (Phi) is 21.1. The summed E-state index contributed by atoms with van der Waals surface area (Å²) in [4.78, 5) is 120. The molecule has 4 saturated carbocycles. The van der Waals surface area contributed by atoms with Crippen LogP contribution in [-0.4, -0.2) is 166 Å². The lowest BCUT2D eigenvalue weighted by molar-refractivity contribution is -0.134. The third-order valence-electron chi connectivity index (χ3n) is 25.4. The first kappa shape index (κ1) is 77.7. The summed E-state index contributed by atoms with van der Waals surface area (Å²) in [5.74, 6) is -4.69. The lowest BCUT2D eigenvalue weighted by atomic mass is 9.91. The van der Waals surface area contributed by atoms with Gasteiger partial charge in [0.2, 0.25) is 0 Å². The molecule has 0 radical (unpaired) electrons. The summed E-state index contributed by atoms with van der Waals surface area (Å²) in [5, 5.41) is 11.9. The van der Waals surface area contributed by atoms with Crippen molar-refractivity contribution in [3.63, 3.8) is 0 Å². The summed E-state index contributed by atoms with van der Waals surface area (Å²) in [5.41, 5.74) is 14.6. The number of nitrogens with one attached hydrogen (secondary N) is 1. The Morgan fingerprint density at radius 2 is 0.870 bits per heavy atom. The number of rotatable bonds is 17. The van der Waals surface area contributed by atoms with E-state index in [0.29, 0.717) is 53.7 Å². The molecule has 6 aliphatic heterocycles. The molecule has 25 heteroatoms. The molecule has 2 atom stereocenters. The van der Waals surface area contributed by atoms with Crippen molar-refractivity contribution >= 4 is 75.2 Å². The van der Waals surface area contributed by atoms with Crippen molar-refractivity contribution in [3.05, 3.63) is 217 Å². The molecule has 4 saturated heterocycles. The molecule has 8 heterocycles. The van der Waals surface area contributed by atoms with Gasteiger partial charge < -0.3 is 38.8 Å². The summed E-state index contributed by atoms with van der Waals surface area (Å²) in [6.45, 7) is 37.2. The first-order valence-electron chi connectivity index (χ1n) is 40.0. The Balaban J connectivity index is 0.000000146. The highest BCUT2D eigenvalue weighted by Crippen LogP contribution is 2.52. The van der Waals surface area contributed by atoms with Gasteiger partial charge in [-0.3, -0.25) is 58.0 Å². The number of ketones is 4. The van der Waals surface area contributed by atoms with Gasteiger partial charge in [0.15, 0.2) is 23.2 Å². The Morgan fingerprint density at radius 1 is 0.487 bits per heavy atom. The van der Waals surface area contributed by atoms with Crippen LogP contribution in [0, 0.1) is 84.0 Å². The second kappa shape index (κ2) is 31.2. The van der Waals surface area contributed by atoms with E-state index in [1.807, 2.05) is 32.6 Å². The fourth-order valence-electron chi connectivity index (χ4n) is 18.5. The molecule has 4 aliphatic carbocycles. The normalized spacial score (nSPS) is 20.9. The maximum atomic E-state index is 15.6. The molecular formula is C90H91F3N12O10. The van der Waals surface area contributed by atoms with Crippen molar-refractivity contribution in [1.29, 1.82) is 0 Å². The van der Waals surface area contributed by atoms with Crippen LogP contribution in [0.25, 0.3) is 31.9 Å². The molecule has 8 fully saturated rings. The van der Waals surface area contributed by atoms with Crippen LogP contribution in [0.1, 0.15) is 176 Å². The largest absolute Gasteiger partial charge is 0.369 e. The van der Waals surface area contributed by atoms with E-state index in [2.05, 4.69) is 144 Å². The molecule has 592 valence electrons. The van der Waals surface area contributed by atoms with E-state index in [9.17, 15) is 47.1 Å². The van der Waals surface area contributed by atoms with Gasteiger partial charge in [-0.15, -0.1) is 0 Å². The quantitative estimate of drug-likeness (QED) is 0.0507. The topological polar surface area (TPSA) is 232 Å². The molecule has 8 aromatic rings. The molecule has 2 aromatic heterocycles. The van der Waals surface area contributed by atoms with E-state index in [1.54, 1.807) is 0 Å². The zero-order chi connectivity index (χ0) is 80.6. The number of piperidine rings is 2. The third kappa shape index (κ3) is 14.9. The van der Waals surface area contributed by atoms with Crippen molar-refractivity contribution in [2.45, 2.75) is 167 Å². The zero-order valence-electron chi connectivity index (χ0n) is 65.5. The number of imide groups is 2. The maximum absolute atomic E-state index is 15.6. The van der Waals surface area contributed by atoms with E-state index < -0.39 is 64.7 Å². The summed E-state index contributed by atoms with van der Waals surface area (Å²) >= 11 is 0. The van der Waals surface area contributed by atoms with E-state index in [1.165, 1.54) is 48.9 Å². The third-order valence-corrected chi connectivity index (χ3v) is 25.4. The highest BCUT2D eigenvalue weighted by molar-refractivity contribution is 6.25. The molecule has 0 spiro atoms. The number of aryl methyl sites for hydroxylation is 6. The van der Waals surface area contributed by atoms with Crippen molar-refractivity contribution in [3.8, 4) is 22.3 Å². The Labute approximate surface area is 665 Å². The lowest BCUT2D eigenvalue weighted by Crippen LogP contribution is -2.57. The molecular weight excluding hydrogens is 1470 g/mol. The minimum absolute atomic E-state index is 0.0294. The Hall–Kier alpha value is -11.3. The predicted octanol–water partition coefficient (Wildman–Crippen LogP) is 14.6. The SMILES string of the molecule is O=C1CCC(N2C(=O)c3cc(F)c(F)cc3C2=O)C(=O)C1.[C-]#[N+]C1(c2ccc(N(CC3CN(C4CCN(c5cc6c(cc5F)C(=O)N(C5CCC(=O)CC5=O)C6=O)CC4)C3)c3cc(-c4c(C)noc4C)ccc3C)cc2)CC1.[C-]#[N+]C1(c2ccc(N(CC3CN(C4CCNCC4)C3)c3cc(-c4c(C)noc4C)ccc3C)cc2)CC1. The van der Waals surface area contributed by atoms with Gasteiger partial charge in [0.25, 0.3) is 34.7 Å². The smallest absolute Gasteiger partial charge is 0.262 e. The highest BCUT2D eigenvalue weighted by Gasteiger charge is 2.54. The van der Waals surface area contributed by atoms with Crippen LogP contribution >= 0.6 is 0 Å². The Morgan fingerprint density at radius 3 is 1.23 bits per heavy atom. The number of halogens is 3. The van der Waals surface area contributed by atoms with Crippen LogP contribution in [0.3, 0.4) is 0 Å². The number of hydrogen-bond acceptors (Lipinski definition) is 18. The van der Waals surface area contributed by atoms with Crippen LogP contribution in [-0.2, 0) is 30.3 Å². The van der Waals surface area contributed by atoms with Crippen LogP contribution in [0.15, 0.2) is 118 Å². The van der Waals surface area contributed by atoms with Crippen molar-refractivity contribution in [2.75, 3.05) is 80.1 Å². The average molecular weight is 1560 g/mol. The van der Waals surface area contributed by atoms with E-state index in [0.717, 1.165) is 168 Å². The summed E-state index contributed by atoms with van der Waals surface area (Å²) < 4.78 is 53.0. The van der Waals surface area contributed by atoms with Crippen molar-refractivity contribution < 1.29 is 60.6 Å². The number of nitrogens with zero attached hydrogens (tertiary/aromatic N) is 11. The maximum Gasteiger partial charge on any atom is 0.262 e. The minimum Gasteiger partial charge on any atom is -0.369 e. The predicted molar refractivity (Wildman–Crippen MR) is 425 cm³/mol. The molecule has 18 rings (SSSR count). The fourth-order valence-corrected chi connectivity index (χ4v) is 18.5. The first-order chi connectivity index (χ1) is 55.3. The number of carbonyl (C=O) groups is 8. The Bertz CT molecular complexity index is 5280. The van der Waals surface area contributed by atoms with E-state index in [4.69, 9.17) is 22.2 Å². The van der Waals surface area contributed by atoms with Gasteiger partial charge in [-0.1, -0.05) is 34.6 Å². The molecule has 22 nitrogen and oxygen atoms in total. The second-order valence-electron chi connectivity index (χ2n) is 32.9. The highest BCUT2D eigenvalue weighted by atomic mass is 19.2. The summed E-state index contributed by atoms with van der Waals surface area (Å²) in [7, 11) is 0. The number of likely N-dealkylation sites (tertiary alicyclic amines) is 2. The standard InChI is InChI=1S/C45H45FN6O5.C31H37N5O.C14H9F2NO4/c1-26-5-6-30(42-27(2)48-57-28(42)3)19-39(26)51(33-9-7-31(8-10-33)45(47-4)15-16-45)25-29-23-50(24-29)32-13-17-49(18-14-32)40-22-36-35(21-37(40)46)43(55)52(44(36)56)38-12-11-34(53)20-41(38)54;1-21-5-6-25(30-22(2)34-37-23(30)3)17-29(21)36(20-24-18-35(19-24)27-11-15-33-16-12-27)28-9-7-26(8-10-28)31(32-4)13-14-31;15-9-4-7-8(5-10(9)16)14(21)17(13(7)20)11-2-1-6(18)3-12(11)19/h5-10,19,21-22,29,32,38H,11-18,20,23-25H2,1-3H3;5-10,17,24,27,33H,11-16,18-20H2,1-3H3;4-5,11H,1-3H2. The number of benzene rings is 6. The number of aromatic nitrogens is 2.